The number of hydrogen-bond donors (Lipinski definition) is 2. The third-order valence-corrected chi connectivity index (χ3v) is 4.28. The lowest BCUT2D eigenvalue weighted by Crippen LogP contribution is -2.24. The molecule has 0 spiro atoms. The van der Waals surface area contributed by atoms with E-state index in [1.54, 1.807) is 6.20 Å². The summed E-state index contributed by atoms with van der Waals surface area (Å²) in [6.45, 7) is 4.32. The molecule has 3 rings (SSSR count). The molecule has 0 amide bonds. The molecule has 90 valence electrons. The van der Waals surface area contributed by atoms with Gasteiger partial charge in [0.25, 0.3) is 0 Å². The van der Waals surface area contributed by atoms with Gasteiger partial charge in [-0.05, 0) is 18.3 Å². The predicted octanol–water partition coefficient (Wildman–Crippen LogP) is 1.93. The van der Waals surface area contributed by atoms with Crippen molar-refractivity contribution in [3.8, 4) is 10.7 Å². The quantitative estimate of drug-likeness (QED) is 0.811. The normalized spacial score (nSPS) is 22.4. The first-order chi connectivity index (χ1) is 8.05. The van der Waals surface area contributed by atoms with E-state index in [-0.39, 0.29) is 5.41 Å². The van der Waals surface area contributed by atoms with Crippen LogP contribution in [-0.2, 0) is 6.42 Å². The van der Waals surface area contributed by atoms with Gasteiger partial charge in [-0.2, -0.15) is 15.4 Å². The van der Waals surface area contributed by atoms with Crippen molar-refractivity contribution in [1.29, 1.82) is 0 Å². The van der Waals surface area contributed by atoms with E-state index in [4.69, 9.17) is 0 Å². The molecule has 0 radical (unpaired) electrons. The smallest absolute Gasteiger partial charge is 0.146 e. The van der Waals surface area contributed by atoms with Crippen LogP contribution in [0.4, 0.5) is 0 Å². The van der Waals surface area contributed by atoms with Crippen molar-refractivity contribution < 1.29 is 5.11 Å². The molecule has 1 aliphatic carbocycles. The zero-order valence-corrected chi connectivity index (χ0v) is 10.6. The fourth-order valence-electron chi connectivity index (χ4n) is 2.31. The fraction of sp³-hybridized carbons (Fsp3) is 0.545. The Balaban J connectivity index is 2.04. The van der Waals surface area contributed by atoms with Gasteiger partial charge >= 0.3 is 0 Å². The summed E-state index contributed by atoms with van der Waals surface area (Å²) in [5.41, 5.74) is 1.87. The van der Waals surface area contributed by atoms with Crippen molar-refractivity contribution in [2.24, 2.45) is 5.41 Å². The Morgan fingerprint density at radius 3 is 3.06 bits per heavy atom. The van der Waals surface area contributed by atoms with Gasteiger partial charge in [-0.3, -0.25) is 0 Å². The zero-order valence-electron chi connectivity index (χ0n) is 9.77. The van der Waals surface area contributed by atoms with Crippen LogP contribution in [0.3, 0.4) is 0 Å². The minimum absolute atomic E-state index is 0.113. The molecule has 6 heteroatoms. The summed E-state index contributed by atoms with van der Waals surface area (Å²) in [4.78, 5) is 5.56. The van der Waals surface area contributed by atoms with Crippen LogP contribution in [0.2, 0.25) is 0 Å². The highest BCUT2D eigenvalue weighted by Gasteiger charge is 2.34. The van der Waals surface area contributed by atoms with Crippen molar-refractivity contribution in [3.05, 3.63) is 16.8 Å². The monoisotopic (exact) mass is 250 g/mol. The molecule has 0 fully saturated rings. The summed E-state index contributed by atoms with van der Waals surface area (Å²) in [6.07, 6.45) is 2.96. The third kappa shape index (κ3) is 1.87. The topological polar surface area (TPSA) is 74.7 Å². The molecule has 17 heavy (non-hydrogen) atoms. The summed E-state index contributed by atoms with van der Waals surface area (Å²) in [6, 6.07) is 0. The molecule has 0 aromatic carbocycles. The Bertz CT molecular complexity index is 532. The molecule has 0 saturated heterocycles. The third-order valence-electron chi connectivity index (χ3n) is 3.06. The van der Waals surface area contributed by atoms with Gasteiger partial charge in [-0.1, -0.05) is 13.8 Å². The average Bonchev–Trinajstić information content (AvgIpc) is 2.81. The van der Waals surface area contributed by atoms with Gasteiger partial charge in [0.05, 0.1) is 22.9 Å². The minimum atomic E-state index is -0.396. The number of aromatic amines is 1. The number of fused-ring (bicyclic) bond motifs is 1. The van der Waals surface area contributed by atoms with Crippen LogP contribution in [0.25, 0.3) is 10.7 Å². The number of aliphatic hydroxyl groups is 1. The van der Waals surface area contributed by atoms with E-state index in [1.165, 1.54) is 11.3 Å². The van der Waals surface area contributed by atoms with Gasteiger partial charge in [-0.25, -0.2) is 4.98 Å². The first-order valence-electron chi connectivity index (χ1n) is 5.59. The van der Waals surface area contributed by atoms with Crippen LogP contribution in [-0.4, -0.2) is 25.5 Å². The summed E-state index contributed by atoms with van der Waals surface area (Å²) in [5, 5.41) is 21.4. The molecule has 0 bridgehead atoms. The first kappa shape index (κ1) is 10.9. The number of thiazole rings is 1. The maximum Gasteiger partial charge on any atom is 0.146 e. The van der Waals surface area contributed by atoms with Crippen LogP contribution < -0.4 is 0 Å². The van der Waals surface area contributed by atoms with Crippen LogP contribution in [0, 0.1) is 5.41 Å². The molecule has 1 unspecified atom stereocenters. The van der Waals surface area contributed by atoms with Crippen molar-refractivity contribution >= 4 is 11.3 Å². The van der Waals surface area contributed by atoms with Crippen molar-refractivity contribution in [2.75, 3.05) is 0 Å². The SMILES string of the molecule is CC1(C)Cc2nc(-c3cn[nH]n3)sc2C(O)C1. The lowest BCUT2D eigenvalue weighted by Gasteiger charge is -2.31. The van der Waals surface area contributed by atoms with Gasteiger partial charge in [0, 0.05) is 0 Å². The van der Waals surface area contributed by atoms with E-state index in [0.717, 1.165) is 34.1 Å². The summed E-state index contributed by atoms with van der Waals surface area (Å²) in [5.74, 6) is 0. The van der Waals surface area contributed by atoms with Gasteiger partial charge in [-0.15, -0.1) is 11.3 Å². The largest absolute Gasteiger partial charge is 0.387 e. The number of nitrogens with zero attached hydrogens (tertiary/aromatic N) is 3. The number of hydrogen-bond acceptors (Lipinski definition) is 5. The predicted molar refractivity (Wildman–Crippen MR) is 64.6 cm³/mol. The maximum atomic E-state index is 10.1. The molecule has 2 heterocycles. The second-order valence-corrected chi connectivity index (χ2v) is 6.28. The Morgan fingerprint density at radius 2 is 2.35 bits per heavy atom. The second-order valence-electron chi connectivity index (χ2n) is 5.25. The van der Waals surface area contributed by atoms with Gasteiger partial charge in [0.2, 0.25) is 0 Å². The number of nitrogens with one attached hydrogen (secondary N) is 1. The summed E-state index contributed by atoms with van der Waals surface area (Å²) < 4.78 is 0. The summed E-state index contributed by atoms with van der Waals surface area (Å²) in [7, 11) is 0. The van der Waals surface area contributed by atoms with Crippen LogP contribution in [0.15, 0.2) is 6.20 Å². The Morgan fingerprint density at radius 1 is 1.53 bits per heavy atom. The lowest BCUT2D eigenvalue weighted by molar-refractivity contribution is 0.102. The van der Waals surface area contributed by atoms with E-state index in [0.29, 0.717) is 0 Å². The molecule has 2 aromatic rings. The lowest BCUT2D eigenvalue weighted by atomic mass is 9.77. The molecule has 1 aliphatic rings. The Labute approximate surface area is 103 Å². The van der Waals surface area contributed by atoms with Crippen molar-refractivity contribution in [3.63, 3.8) is 0 Å². The Kier molecular flexibility index (Phi) is 2.31. The van der Waals surface area contributed by atoms with Crippen LogP contribution in [0.1, 0.15) is 36.9 Å². The highest BCUT2D eigenvalue weighted by atomic mass is 32.1. The van der Waals surface area contributed by atoms with E-state index in [2.05, 4.69) is 34.2 Å². The molecular weight excluding hydrogens is 236 g/mol. The number of aromatic nitrogens is 4. The molecule has 2 aromatic heterocycles. The van der Waals surface area contributed by atoms with Crippen molar-refractivity contribution in [2.45, 2.75) is 32.8 Å². The van der Waals surface area contributed by atoms with E-state index in [9.17, 15) is 5.11 Å². The molecule has 5 nitrogen and oxygen atoms in total. The van der Waals surface area contributed by atoms with Gasteiger partial charge in [0.1, 0.15) is 10.7 Å². The van der Waals surface area contributed by atoms with Crippen LogP contribution >= 0.6 is 11.3 Å². The highest BCUT2D eigenvalue weighted by Crippen LogP contribution is 2.44. The molecule has 1 atom stereocenters. The van der Waals surface area contributed by atoms with Gasteiger partial charge < -0.3 is 5.11 Å². The maximum absolute atomic E-state index is 10.1. The van der Waals surface area contributed by atoms with Gasteiger partial charge in [0.15, 0.2) is 0 Å². The molecule has 2 N–H and O–H groups in total. The van der Waals surface area contributed by atoms with E-state index >= 15 is 0 Å². The van der Waals surface area contributed by atoms with Crippen LogP contribution in [0.5, 0.6) is 0 Å². The Hall–Kier alpha value is -1.27. The molecular formula is C11H14N4OS. The number of aliphatic hydroxyl groups excluding tert-OH is 1. The fourth-order valence-corrected chi connectivity index (χ4v) is 3.33. The zero-order chi connectivity index (χ0) is 12.0. The highest BCUT2D eigenvalue weighted by molar-refractivity contribution is 7.15. The average molecular weight is 250 g/mol. The number of H-pyrrole nitrogens is 1. The molecule has 0 saturated carbocycles. The minimum Gasteiger partial charge on any atom is -0.387 e. The molecule has 0 aliphatic heterocycles. The summed E-state index contributed by atoms with van der Waals surface area (Å²) >= 11 is 1.52. The van der Waals surface area contributed by atoms with E-state index in [1.807, 2.05) is 0 Å². The first-order valence-corrected chi connectivity index (χ1v) is 6.41. The second kappa shape index (κ2) is 3.61. The number of rotatable bonds is 1. The standard InChI is InChI=1S/C11H14N4OS/c1-11(2)3-6-9(8(16)4-11)17-10(13-6)7-5-12-15-14-7/h5,8,16H,3-4H2,1-2H3,(H,12,14,15). The van der Waals surface area contributed by atoms with E-state index < -0.39 is 6.10 Å². The van der Waals surface area contributed by atoms with Crippen molar-refractivity contribution in [1.82, 2.24) is 20.4 Å².